The molecule has 0 amide bonds. The highest BCUT2D eigenvalue weighted by Crippen LogP contribution is 2.25. The van der Waals surface area contributed by atoms with E-state index in [1.165, 1.54) is 23.5 Å². The van der Waals surface area contributed by atoms with Crippen LogP contribution in [0.15, 0.2) is 53.9 Å². The fourth-order valence-corrected chi connectivity index (χ4v) is 2.93. The highest BCUT2D eigenvalue weighted by Gasteiger charge is 2.14. The number of halogens is 1. The summed E-state index contributed by atoms with van der Waals surface area (Å²) in [6.45, 7) is 0.103. The topological polar surface area (TPSA) is 48.4 Å². The van der Waals surface area contributed by atoms with Gasteiger partial charge >= 0.3 is 5.97 Å². The number of esters is 1. The van der Waals surface area contributed by atoms with Crippen LogP contribution in [0.1, 0.15) is 16.1 Å². The van der Waals surface area contributed by atoms with Gasteiger partial charge in [-0.1, -0.05) is 18.2 Å². The molecule has 3 rings (SSSR count). The molecular formula is C18H14FNO3S. The van der Waals surface area contributed by atoms with Gasteiger partial charge in [-0.2, -0.15) is 0 Å². The van der Waals surface area contributed by atoms with E-state index in [2.05, 4.69) is 4.98 Å². The summed E-state index contributed by atoms with van der Waals surface area (Å²) in [5.74, 6) is -0.159. The van der Waals surface area contributed by atoms with Crippen LogP contribution >= 0.6 is 11.3 Å². The second kappa shape index (κ2) is 7.23. The van der Waals surface area contributed by atoms with Crippen LogP contribution in [0.3, 0.4) is 0 Å². The van der Waals surface area contributed by atoms with Crippen LogP contribution < -0.4 is 4.74 Å². The fraction of sp³-hybridized carbons (Fsp3) is 0.111. The van der Waals surface area contributed by atoms with Crippen molar-refractivity contribution < 1.29 is 18.7 Å². The molecule has 0 aliphatic carbocycles. The summed E-state index contributed by atoms with van der Waals surface area (Å²) in [5, 5.41) is 2.27. The van der Waals surface area contributed by atoms with Crippen molar-refractivity contribution in [2.45, 2.75) is 6.61 Å². The van der Waals surface area contributed by atoms with E-state index >= 15 is 0 Å². The molecule has 0 spiro atoms. The van der Waals surface area contributed by atoms with E-state index in [0.29, 0.717) is 10.8 Å². The lowest BCUT2D eigenvalue weighted by atomic mass is 10.2. The predicted molar refractivity (Wildman–Crippen MR) is 89.6 cm³/mol. The first-order valence-corrected chi connectivity index (χ1v) is 8.06. The Labute approximate surface area is 142 Å². The minimum atomic E-state index is -0.509. The molecular weight excluding hydrogens is 329 g/mol. The van der Waals surface area contributed by atoms with Crippen molar-refractivity contribution in [3.05, 3.63) is 71.0 Å². The van der Waals surface area contributed by atoms with Gasteiger partial charge < -0.3 is 9.47 Å². The Kier molecular flexibility index (Phi) is 4.86. The van der Waals surface area contributed by atoms with Crippen LogP contribution in [-0.2, 0) is 11.3 Å². The average Bonchev–Trinajstić information content (AvgIpc) is 3.10. The molecule has 0 atom stereocenters. The van der Waals surface area contributed by atoms with Crippen molar-refractivity contribution in [3.8, 4) is 16.3 Å². The smallest absolute Gasteiger partial charge is 0.358 e. The minimum Gasteiger partial charge on any atom is -0.496 e. The third kappa shape index (κ3) is 3.60. The van der Waals surface area contributed by atoms with Crippen molar-refractivity contribution >= 4 is 17.3 Å². The maximum Gasteiger partial charge on any atom is 0.358 e. The van der Waals surface area contributed by atoms with Gasteiger partial charge in [0.05, 0.1) is 7.11 Å². The number of benzene rings is 2. The second-order valence-corrected chi connectivity index (χ2v) is 5.79. The molecule has 0 aliphatic rings. The molecule has 0 N–H and O–H groups in total. The summed E-state index contributed by atoms with van der Waals surface area (Å²) in [6.07, 6.45) is 0. The third-order valence-electron chi connectivity index (χ3n) is 3.36. The Morgan fingerprint density at radius 1 is 1.17 bits per heavy atom. The molecule has 0 unspecified atom stereocenters. The lowest BCUT2D eigenvalue weighted by Crippen LogP contribution is -2.06. The van der Waals surface area contributed by atoms with Gasteiger partial charge in [-0.05, 0) is 30.3 Å². The van der Waals surface area contributed by atoms with E-state index in [-0.39, 0.29) is 18.1 Å². The summed E-state index contributed by atoms with van der Waals surface area (Å²) in [4.78, 5) is 16.4. The summed E-state index contributed by atoms with van der Waals surface area (Å²) in [6, 6.07) is 13.3. The lowest BCUT2D eigenvalue weighted by molar-refractivity contribution is 0.0464. The van der Waals surface area contributed by atoms with Gasteiger partial charge in [0.15, 0.2) is 5.69 Å². The Morgan fingerprint density at radius 3 is 2.67 bits per heavy atom. The van der Waals surface area contributed by atoms with E-state index in [9.17, 15) is 9.18 Å². The van der Waals surface area contributed by atoms with Gasteiger partial charge in [-0.25, -0.2) is 14.2 Å². The molecule has 3 aromatic rings. The van der Waals surface area contributed by atoms with Crippen molar-refractivity contribution in [2.75, 3.05) is 7.11 Å². The van der Waals surface area contributed by atoms with Crippen molar-refractivity contribution in [1.82, 2.24) is 4.98 Å². The maximum absolute atomic E-state index is 13.0. The monoisotopic (exact) mass is 343 g/mol. The number of carbonyl (C=O) groups excluding carboxylic acids is 1. The number of nitrogens with zero attached hydrogens (tertiary/aromatic N) is 1. The van der Waals surface area contributed by atoms with Crippen molar-refractivity contribution in [2.24, 2.45) is 0 Å². The van der Waals surface area contributed by atoms with Crippen molar-refractivity contribution in [3.63, 3.8) is 0 Å². The zero-order chi connectivity index (χ0) is 16.9. The highest BCUT2D eigenvalue weighted by molar-refractivity contribution is 7.13. The van der Waals surface area contributed by atoms with Gasteiger partial charge in [-0.15, -0.1) is 11.3 Å². The van der Waals surface area contributed by atoms with Crippen LogP contribution in [-0.4, -0.2) is 18.1 Å². The number of aromatic nitrogens is 1. The van der Waals surface area contributed by atoms with Crippen LogP contribution in [0, 0.1) is 5.82 Å². The number of carbonyl (C=O) groups is 1. The average molecular weight is 343 g/mol. The summed E-state index contributed by atoms with van der Waals surface area (Å²) in [5.41, 5.74) is 1.77. The second-order valence-electron chi connectivity index (χ2n) is 4.93. The van der Waals surface area contributed by atoms with Gasteiger partial charge in [0.25, 0.3) is 0 Å². The molecule has 2 aromatic carbocycles. The van der Waals surface area contributed by atoms with E-state index in [1.807, 2.05) is 18.2 Å². The molecule has 1 heterocycles. The van der Waals surface area contributed by atoms with Crippen LogP contribution in [0.4, 0.5) is 4.39 Å². The standard InChI is InChI=1S/C18H14FNO3S/c1-22-16-5-3-2-4-13(16)10-23-18(21)15-11-24-17(20-15)12-6-8-14(19)9-7-12/h2-9,11H,10H2,1H3. The van der Waals surface area contributed by atoms with Gasteiger partial charge in [0.1, 0.15) is 23.2 Å². The van der Waals surface area contributed by atoms with E-state index in [1.54, 1.807) is 30.7 Å². The Balaban J connectivity index is 1.69. The number of rotatable bonds is 5. The molecule has 0 aliphatic heterocycles. The first kappa shape index (κ1) is 16.1. The SMILES string of the molecule is COc1ccccc1COC(=O)c1csc(-c2ccc(F)cc2)n1. The van der Waals surface area contributed by atoms with Gasteiger partial charge in [-0.3, -0.25) is 0 Å². The van der Waals surface area contributed by atoms with Crippen LogP contribution in [0.2, 0.25) is 0 Å². The predicted octanol–water partition coefficient (Wildman–Crippen LogP) is 4.31. The molecule has 122 valence electrons. The summed E-state index contributed by atoms with van der Waals surface area (Å²) in [7, 11) is 1.57. The first-order valence-electron chi connectivity index (χ1n) is 7.18. The van der Waals surface area contributed by atoms with Crippen LogP contribution in [0.5, 0.6) is 5.75 Å². The molecule has 0 radical (unpaired) electrons. The zero-order valence-electron chi connectivity index (χ0n) is 12.9. The number of hydrogen-bond acceptors (Lipinski definition) is 5. The number of methoxy groups -OCH3 is 1. The molecule has 0 bridgehead atoms. The molecule has 1 aromatic heterocycles. The summed E-state index contributed by atoms with van der Waals surface area (Å²) < 4.78 is 23.5. The number of ether oxygens (including phenoxy) is 2. The van der Waals surface area contributed by atoms with E-state index in [4.69, 9.17) is 9.47 Å². The normalized spacial score (nSPS) is 10.4. The Morgan fingerprint density at radius 2 is 1.92 bits per heavy atom. The number of para-hydroxylation sites is 1. The fourth-order valence-electron chi connectivity index (χ4n) is 2.13. The van der Waals surface area contributed by atoms with E-state index < -0.39 is 5.97 Å². The molecule has 24 heavy (non-hydrogen) atoms. The van der Waals surface area contributed by atoms with Gasteiger partial charge in [0.2, 0.25) is 0 Å². The molecule has 6 heteroatoms. The molecule has 0 fully saturated rings. The molecule has 0 saturated carbocycles. The number of thiazole rings is 1. The highest BCUT2D eigenvalue weighted by atomic mass is 32.1. The quantitative estimate of drug-likeness (QED) is 0.648. The zero-order valence-corrected chi connectivity index (χ0v) is 13.7. The Bertz CT molecular complexity index is 845. The number of hydrogen-bond donors (Lipinski definition) is 0. The molecule has 4 nitrogen and oxygen atoms in total. The maximum atomic E-state index is 13.0. The molecule has 0 saturated heterocycles. The lowest BCUT2D eigenvalue weighted by Gasteiger charge is -2.08. The van der Waals surface area contributed by atoms with E-state index in [0.717, 1.165) is 11.1 Å². The minimum absolute atomic E-state index is 0.103. The van der Waals surface area contributed by atoms with Crippen molar-refractivity contribution in [1.29, 1.82) is 0 Å². The van der Waals surface area contributed by atoms with Gasteiger partial charge in [0, 0.05) is 16.5 Å². The first-order chi connectivity index (χ1) is 11.7. The Hall–Kier alpha value is -2.73. The third-order valence-corrected chi connectivity index (χ3v) is 4.25. The summed E-state index contributed by atoms with van der Waals surface area (Å²) >= 11 is 1.31. The largest absolute Gasteiger partial charge is 0.496 e. The van der Waals surface area contributed by atoms with Crippen LogP contribution in [0.25, 0.3) is 10.6 Å².